The van der Waals surface area contributed by atoms with Crippen LogP contribution in [0.5, 0.6) is 0 Å². The van der Waals surface area contributed by atoms with Gasteiger partial charge in [0.25, 0.3) is 0 Å². The normalized spacial score (nSPS) is 24.3. The third kappa shape index (κ3) is 3.16. The molecular weight excluding hydrogens is 352 g/mol. The Hall–Kier alpha value is -2.85. The van der Waals surface area contributed by atoms with Gasteiger partial charge in [0.1, 0.15) is 11.9 Å². The molecule has 138 valence electrons. The van der Waals surface area contributed by atoms with Crippen molar-refractivity contribution in [3.8, 4) is 0 Å². The van der Waals surface area contributed by atoms with Crippen LogP contribution in [0.1, 0.15) is 16.6 Å². The van der Waals surface area contributed by atoms with Gasteiger partial charge in [-0.15, -0.1) is 0 Å². The number of nitrogen functional groups attached to an aromatic ring is 1. The van der Waals surface area contributed by atoms with Gasteiger partial charge in [-0.25, -0.2) is 9.59 Å². The lowest BCUT2D eigenvalue weighted by Crippen LogP contribution is -2.44. The number of aliphatic hydroxyl groups excluding tert-OH is 1. The van der Waals surface area contributed by atoms with Crippen molar-refractivity contribution in [3.05, 3.63) is 58.6 Å². The number of nitrogens with zero attached hydrogens (tertiary/aromatic N) is 2. The van der Waals surface area contributed by atoms with Gasteiger partial charge in [0.2, 0.25) is 6.23 Å². The van der Waals surface area contributed by atoms with Crippen LogP contribution >= 0.6 is 0 Å². The largest absolute Gasteiger partial charge is 0.449 e. The van der Waals surface area contributed by atoms with Gasteiger partial charge in [-0.1, -0.05) is 18.2 Å². The van der Waals surface area contributed by atoms with E-state index in [0.717, 1.165) is 12.3 Å². The molecule has 0 aliphatic carbocycles. The van der Waals surface area contributed by atoms with E-state index < -0.39 is 42.6 Å². The summed E-state index contributed by atoms with van der Waals surface area (Å²) in [6.45, 7) is -0.837. The van der Waals surface area contributed by atoms with Gasteiger partial charge in [0.15, 0.2) is 6.10 Å². The summed E-state index contributed by atoms with van der Waals surface area (Å²) in [4.78, 5) is 27.3. The van der Waals surface area contributed by atoms with Crippen LogP contribution in [0.2, 0.25) is 0 Å². The van der Waals surface area contributed by atoms with E-state index >= 15 is 0 Å². The highest BCUT2D eigenvalue weighted by Crippen LogP contribution is 2.44. The highest BCUT2D eigenvalue weighted by atomic mass is 19.3. The molecule has 10 heteroatoms. The number of ether oxygens (including phenoxy) is 2. The number of halogens is 2. The van der Waals surface area contributed by atoms with Crippen molar-refractivity contribution in [1.29, 1.82) is 0 Å². The molecule has 26 heavy (non-hydrogen) atoms. The van der Waals surface area contributed by atoms with Gasteiger partial charge in [0, 0.05) is 6.20 Å². The van der Waals surface area contributed by atoms with E-state index in [-0.39, 0.29) is 11.4 Å². The highest BCUT2D eigenvalue weighted by molar-refractivity contribution is 5.89. The molecular formula is C16H15F2N3O5. The average molecular weight is 367 g/mol. The Morgan fingerprint density at radius 1 is 1.35 bits per heavy atom. The number of carbonyl (C=O) groups excluding carboxylic acids is 1. The molecule has 1 fully saturated rings. The first kappa shape index (κ1) is 18.0. The number of rotatable bonds is 4. The minimum Gasteiger partial charge on any atom is -0.449 e. The second-order valence-electron chi connectivity index (χ2n) is 5.62. The second kappa shape index (κ2) is 6.81. The van der Waals surface area contributed by atoms with Gasteiger partial charge in [0.05, 0.1) is 12.2 Å². The molecule has 2 aromatic rings. The van der Waals surface area contributed by atoms with E-state index in [1.807, 2.05) is 0 Å². The van der Waals surface area contributed by atoms with Crippen LogP contribution in [-0.4, -0.2) is 45.4 Å². The number of esters is 1. The molecule has 8 nitrogen and oxygen atoms in total. The number of anilines is 1. The molecule has 0 radical (unpaired) electrons. The predicted octanol–water partition coefficient (Wildman–Crippen LogP) is 0.576. The van der Waals surface area contributed by atoms with Crippen LogP contribution in [0.3, 0.4) is 0 Å². The second-order valence-corrected chi connectivity index (χ2v) is 5.62. The van der Waals surface area contributed by atoms with Crippen molar-refractivity contribution in [2.24, 2.45) is 0 Å². The Kier molecular flexibility index (Phi) is 4.70. The van der Waals surface area contributed by atoms with E-state index in [4.69, 9.17) is 15.2 Å². The minimum absolute atomic E-state index is 0.0646. The molecule has 0 saturated carbocycles. The number of hydrogen-bond donors (Lipinski definition) is 2. The fourth-order valence-corrected chi connectivity index (χ4v) is 2.62. The molecule has 3 N–H and O–H groups in total. The zero-order chi connectivity index (χ0) is 18.9. The number of hydrogen-bond acceptors (Lipinski definition) is 7. The average Bonchev–Trinajstić information content (AvgIpc) is 2.86. The minimum atomic E-state index is -3.79. The summed E-state index contributed by atoms with van der Waals surface area (Å²) in [5.41, 5.74) is 4.35. The molecule has 0 spiro atoms. The summed E-state index contributed by atoms with van der Waals surface area (Å²) >= 11 is 0. The molecule has 3 atom stereocenters. The summed E-state index contributed by atoms with van der Waals surface area (Å²) in [6.07, 6.45) is -4.71. The van der Waals surface area contributed by atoms with Crippen molar-refractivity contribution in [2.45, 2.75) is 24.4 Å². The summed E-state index contributed by atoms with van der Waals surface area (Å²) in [6, 6.07) is 8.69. The molecule has 0 amide bonds. The fraction of sp³-hybridized carbons (Fsp3) is 0.312. The monoisotopic (exact) mass is 367 g/mol. The standard InChI is InChI=1S/C16H15F2N3O5/c17-16(18)12(26-13(23)9-4-2-1-3-5-9)10(8-22)25-14(16)21-7-6-11(19)20-15(21)24/h1-7,10,12,14,22H,8H2,(H2,19,20,24)/t10-,12-,14-/m1/s1. The number of aliphatic hydroxyl groups is 1. The van der Waals surface area contributed by atoms with E-state index in [2.05, 4.69) is 4.98 Å². The Morgan fingerprint density at radius 2 is 2.04 bits per heavy atom. The van der Waals surface area contributed by atoms with Crippen LogP contribution in [0.15, 0.2) is 47.4 Å². The molecule has 1 aliphatic heterocycles. The maximum atomic E-state index is 14.8. The number of aromatic nitrogens is 2. The van der Waals surface area contributed by atoms with Gasteiger partial charge in [-0.05, 0) is 18.2 Å². The van der Waals surface area contributed by atoms with Crippen LogP contribution in [0.25, 0.3) is 0 Å². The fourth-order valence-electron chi connectivity index (χ4n) is 2.62. The number of carbonyl (C=O) groups is 1. The van der Waals surface area contributed by atoms with Crippen molar-refractivity contribution in [2.75, 3.05) is 12.3 Å². The Bertz CT molecular complexity index is 858. The molecule has 1 aliphatic rings. The van der Waals surface area contributed by atoms with E-state index in [9.17, 15) is 23.5 Å². The maximum Gasteiger partial charge on any atom is 0.351 e. The van der Waals surface area contributed by atoms with Gasteiger partial charge in [-0.2, -0.15) is 13.8 Å². The zero-order valence-electron chi connectivity index (χ0n) is 13.3. The first-order valence-electron chi connectivity index (χ1n) is 7.59. The summed E-state index contributed by atoms with van der Waals surface area (Å²) in [5, 5.41) is 9.36. The quantitative estimate of drug-likeness (QED) is 0.759. The molecule has 1 aromatic heterocycles. The Labute approximate surface area is 145 Å². The summed E-state index contributed by atoms with van der Waals surface area (Å²) in [5.74, 6) is -4.93. The molecule has 0 unspecified atom stereocenters. The van der Waals surface area contributed by atoms with Gasteiger partial charge in [-0.3, -0.25) is 4.57 Å². The smallest absolute Gasteiger partial charge is 0.351 e. The van der Waals surface area contributed by atoms with E-state index in [0.29, 0.717) is 4.57 Å². The lowest BCUT2D eigenvalue weighted by molar-refractivity contribution is -0.142. The zero-order valence-corrected chi connectivity index (χ0v) is 13.3. The van der Waals surface area contributed by atoms with E-state index in [1.165, 1.54) is 12.1 Å². The Balaban J connectivity index is 1.90. The van der Waals surface area contributed by atoms with Crippen LogP contribution in [0, 0.1) is 0 Å². The van der Waals surface area contributed by atoms with Crippen molar-refractivity contribution in [3.63, 3.8) is 0 Å². The first-order valence-corrected chi connectivity index (χ1v) is 7.59. The number of nitrogens with two attached hydrogens (primary N) is 1. The maximum absolute atomic E-state index is 14.8. The third-order valence-electron chi connectivity index (χ3n) is 3.88. The number of alkyl halides is 2. The molecule has 2 heterocycles. The van der Waals surface area contributed by atoms with Gasteiger partial charge < -0.3 is 20.3 Å². The number of benzene rings is 1. The van der Waals surface area contributed by atoms with Crippen LogP contribution in [-0.2, 0) is 9.47 Å². The van der Waals surface area contributed by atoms with Crippen molar-refractivity contribution < 1.29 is 28.2 Å². The van der Waals surface area contributed by atoms with Crippen LogP contribution < -0.4 is 11.4 Å². The predicted molar refractivity (Wildman–Crippen MR) is 84.5 cm³/mol. The van der Waals surface area contributed by atoms with Crippen LogP contribution in [0.4, 0.5) is 14.6 Å². The lowest BCUT2D eigenvalue weighted by atomic mass is 10.1. The van der Waals surface area contributed by atoms with Crippen molar-refractivity contribution >= 4 is 11.8 Å². The molecule has 3 rings (SSSR count). The molecule has 0 bridgehead atoms. The van der Waals surface area contributed by atoms with Crippen molar-refractivity contribution in [1.82, 2.24) is 9.55 Å². The lowest BCUT2D eigenvalue weighted by Gasteiger charge is -2.24. The summed E-state index contributed by atoms with van der Waals surface area (Å²) in [7, 11) is 0. The molecule has 1 saturated heterocycles. The first-order chi connectivity index (χ1) is 12.3. The third-order valence-corrected chi connectivity index (χ3v) is 3.88. The molecule has 1 aromatic carbocycles. The topological polar surface area (TPSA) is 117 Å². The SMILES string of the molecule is Nc1ccn([C@@H]2O[C@H](CO)[C@@H](OC(=O)c3ccccc3)C2(F)F)c(=O)n1. The van der Waals surface area contributed by atoms with E-state index in [1.54, 1.807) is 18.2 Å². The summed E-state index contributed by atoms with van der Waals surface area (Å²) < 4.78 is 40.2. The Morgan fingerprint density at radius 3 is 2.65 bits per heavy atom. The van der Waals surface area contributed by atoms with Gasteiger partial charge >= 0.3 is 17.6 Å². The highest BCUT2D eigenvalue weighted by Gasteiger charge is 2.62.